The van der Waals surface area contributed by atoms with Crippen LogP contribution in [0, 0.1) is 0 Å². The number of nitrogens with zero attached hydrogens (tertiary/aromatic N) is 2. The van der Waals surface area contributed by atoms with Gasteiger partial charge >= 0.3 is 5.97 Å². The Bertz CT molecular complexity index is 733. The molecular formula is C18H24N4O3S. The molecule has 140 valence electrons. The molecule has 1 aromatic heterocycles. The van der Waals surface area contributed by atoms with Gasteiger partial charge in [0.25, 0.3) is 0 Å². The van der Waals surface area contributed by atoms with E-state index in [1.807, 2.05) is 31.3 Å². The summed E-state index contributed by atoms with van der Waals surface area (Å²) in [6, 6.07) is 7.31. The summed E-state index contributed by atoms with van der Waals surface area (Å²) >= 11 is 5.26. The molecule has 0 aliphatic heterocycles. The highest BCUT2D eigenvalue weighted by atomic mass is 32.1. The van der Waals surface area contributed by atoms with Crippen LogP contribution in [0.3, 0.4) is 0 Å². The maximum absolute atomic E-state index is 11.8. The van der Waals surface area contributed by atoms with Crippen molar-refractivity contribution in [1.29, 1.82) is 0 Å². The van der Waals surface area contributed by atoms with Crippen molar-refractivity contribution in [2.24, 2.45) is 0 Å². The van der Waals surface area contributed by atoms with Crippen LogP contribution < -0.4 is 10.6 Å². The summed E-state index contributed by atoms with van der Waals surface area (Å²) in [6.07, 6.45) is 4.41. The van der Waals surface area contributed by atoms with Crippen LogP contribution in [0.15, 0.2) is 36.7 Å². The minimum Gasteiger partial charge on any atom is -0.465 e. The molecule has 0 aliphatic rings. The number of carbonyl (C=O) groups is 1. The van der Waals surface area contributed by atoms with Gasteiger partial charge in [-0.2, -0.15) is 5.10 Å². The Balaban J connectivity index is 1.88. The maximum Gasteiger partial charge on any atom is 0.338 e. The molecular weight excluding hydrogens is 352 g/mol. The van der Waals surface area contributed by atoms with Crippen LogP contribution >= 0.6 is 12.2 Å². The van der Waals surface area contributed by atoms with Crippen molar-refractivity contribution in [3.05, 3.63) is 47.8 Å². The summed E-state index contributed by atoms with van der Waals surface area (Å²) in [4.78, 5) is 11.8. The van der Waals surface area contributed by atoms with Crippen molar-refractivity contribution >= 4 is 29.0 Å². The molecule has 0 amide bonds. The Morgan fingerprint density at radius 2 is 2.15 bits per heavy atom. The topological polar surface area (TPSA) is 77.4 Å². The van der Waals surface area contributed by atoms with Crippen molar-refractivity contribution in [3.63, 3.8) is 0 Å². The molecule has 0 saturated heterocycles. The van der Waals surface area contributed by atoms with E-state index in [0.717, 1.165) is 30.8 Å². The van der Waals surface area contributed by atoms with Crippen LogP contribution in [0.2, 0.25) is 0 Å². The second-order valence-corrected chi connectivity index (χ2v) is 5.91. The third-order valence-electron chi connectivity index (χ3n) is 3.60. The summed E-state index contributed by atoms with van der Waals surface area (Å²) in [6.45, 7) is 4.61. The quantitative estimate of drug-likeness (QED) is 0.395. The van der Waals surface area contributed by atoms with E-state index in [1.165, 1.54) is 7.11 Å². The lowest BCUT2D eigenvalue weighted by atomic mass is 10.1. The van der Waals surface area contributed by atoms with Gasteiger partial charge in [0.2, 0.25) is 0 Å². The number of aromatic nitrogens is 2. The first-order valence-corrected chi connectivity index (χ1v) is 8.86. The van der Waals surface area contributed by atoms with Gasteiger partial charge in [0.15, 0.2) is 5.11 Å². The highest BCUT2D eigenvalue weighted by Crippen LogP contribution is 2.13. The van der Waals surface area contributed by atoms with E-state index in [4.69, 9.17) is 21.7 Å². The molecule has 1 aromatic carbocycles. The molecule has 0 fully saturated rings. The number of rotatable bonds is 9. The number of nitrogens with one attached hydrogen (secondary N) is 2. The molecule has 0 atom stereocenters. The lowest BCUT2D eigenvalue weighted by Crippen LogP contribution is -2.29. The van der Waals surface area contributed by atoms with E-state index in [9.17, 15) is 4.79 Å². The third kappa shape index (κ3) is 6.12. The van der Waals surface area contributed by atoms with E-state index in [2.05, 4.69) is 15.7 Å². The van der Waals surface area contributed by atoms with Crippen molar-refractivity contribution in [3.8, 4) is 0 Å². The average molecular weight is 376 g/mol. The zero-order chi connectivity index (χ0) is 18.8. The fraction of sp³-hybridized carbons (Fsp3) is 0.389. The first-order valence-electron chi connectivity index (χ1n) is 8.45. The molecule has 2 N–H and O–H groups in total. The number of esters is 1. The van der Waals surface area contributed by atoms with E-state index in [0.29, 0.717) is 23.8 Å². The van der Waals surface area contributed by atoms with Gasteiger partial charge in [0, 0.05) is 26.0 Å². The predicted octanol–water partition coefficient (Wildman–Crippen LogP) is 2.43. The molecule has 2 rings (SSSR count). The number of hydrogen-bond donors (Lipinski definition) is 2. The molecule has 26 heavy (non-hydrogen) atoms. The molecule has 7 nitrogen and oxygen atoms in total. The zero-order valence-corrected chi connectivity index (χ0v) is 15.8. The Labute approximate surface area is 158 Å². The lowest BCUT2D eigenvalue weighted by Gasteiger charge is -2.09. The molecule has 1 heterocycles. The van der Waals surface area contributed by atoms with Crippen molar-refractivity contribution in [2.45, 2.75) is 19.9 Å². The van der Waals surface area contributed by atoms with Gasteiger partial charge in [-0.3, -0.25) is 4.68 Å². The molecule has 0 bridgehead atoms. The smallest absolute Gasteiger partial charge is 0.338 e. The Morgan fingerprint density at radius 3 is 2.92 bits per heavy atom. The molecule has 2 aromatic rings. The molecule has 0 aliphatic carbocycles. The van der Waals surface area contributed by atoms with Crippen LogP contribution in [0.5, 0.6) is 0 Å². The maximum atomic E-state index is 11.8. The number of hydrogen-bond acceptors (Lipinski definition) is 5. The van der Waals surface area contributed by atoms with E-state index < -0.39 is 0 Å². The zero-order valence-electron chi connectivity index (χ0n) is 15.0. The van der Waals surface area contributed by atoms with E-state index in [1.54, 1.807) is 16.9 Å². The summed E-state index contributed by atoms with van der Waals surface area (Å²) in [5.74, 6) is -0.358. The van der Waals surface area contributed by atoms with Crippen molar-refractivity contribution in [1.82, 2.24) is 15.1 Å². The van der Waals surface area contributed by atoms with Crippen LogP contribution in [-0.2, 0) is 16.0 Å². The van der Waals surface area contributed by atoms with Crippen LogP contribution in [0.1, 0.15) is 29.3 Å². The second kappa shape index (κ2) is 10.5. The molecule has 0 radical (unpaired) electrons. The van der Waals surface area contributed by atoms with E-state index in [-0.39, 0.29) is 5.97 Å². The number of benzene rings is 1. The van der Waals surface area contributed by atoms with Gasteiger partial charge in [-0.1, -0.05) is 18.2 Å². The standard InChI is InChI=1S/C18H24N4O3S/c1-3-25-10-6-9-19-18(26)21-15-11-20-22(13-15)12-14-7-4-5-8-16(14)17(23)24-2/h4-5,7-8,11,13H,3,6,9-10,12H2,1-2H3,(H2,19,21,26). The van der Waals surface area contributed by atoms with Gasteiger partial charge in [0.05, 0.1) is 31.1 Å². The van der Waals surface area contributed by atoms with Crippen LogP contribution in [0.4, 0.5) is 5.69 Å². The summed E-state index contributed by atoms with van der Waals surface area (Å²) in [5, 5.41) is 11.1. The Hall–Kier alpha value is -2.45. The fourth-order valence-electron chi connectivity index (χ4n) is 2.35. The summed E-state index contributed by atoms with van der Waals surface area (Å²) in [5.41, 5.74) is 2.15. The first kappa shape index (κ1) is 19.9. The van der Waals surface area contributed by atoms with Crippen molar-refractivity contribution < 1.29 is 14.3 Å². The monoisotopic (exact) mass is 376 g/mol. The molecule has 8 heteroatoms. The van der Waals surface area contributed by atoms with Crippen LogP contribution in [0.25, 0.3) is 0 Å². The number of methoxy groups -OCH3 is 1. The fourth-order valence-corrected chi connectivity index (χ4v) is 2.57. The number of ether oxygens (including phenoxy) is 2. The summed E-state index contributed by atoms with van der Waals surface area (Å²) < 4.78 is 11.8. The Morgan fingerprint density at radius 1 is 1.35 bits per heavy atom. The predicted molar refractivity (Wildman–Crippen MR) is 104 cm³/mol. The minimum absolute atomic E-state index is 0.358. The number of anilines is 1. The third-order valence-corrected chi connectivity index (χ3v) is 3.85. The first-order chi connectivity index (χ1) is 12.6. The molecule has 0 saturated carbocycles. The molecule has 0 spiro atoms. The highest BCUT2D eigenvalue weighted by Gasteiger charge is 2.11. The normalized spacial score (nSPS) is 10.4. The summed E-state index contributed by atoms with van der Waals surface area (Å²) in [7, 11) is 1.37. The van der Waals surface area contributed by atoms with E-state index >= 15 is 0 Å². The Kier molecular flexibility index (Phi) is 8.04. The average Bonchev–Trinajstić information content (AvgIpc) is 3.08. The molecule has 0 unspecified atom stereocenters. The van der Waals surface area contributed by atoms with Gasteiger partial charge in [-0.25, -0.2) is 4.79 Å². The van der Waals surface area contributed by atoms with Crippen molar-refractivity contribution in [2.75, 3.05) is 32.2 Å². The van der Waals surface area contributed by atoms with Gasteiger partial charge < -0.3 is 20.1 Å². The van der Waals surface area contributed by atoms with Gasteiger partial charge in [0.1, 0.15) is 0 Å². The lowest BCUT2D eigenvalue weighted by molar-refractivity contribution is 0.0599. The highest BCUT2D eigenvalue weighted by molar-refractivity contribution is 7.80. The second-order valence-electron chi connectivity index (χ2n) is 5.51. The largest absolute Gasteiger partial charge is 0.465 e. The van der Waals surface area contributed by atoms with Gasteiger partial charge in [-0.05, 0) is 37.2 Å². The number of thiocarbonyl (C=S) groups is 1. The van der Waals surface area contributed by atoms with Crippen LogP contribution in [-0.4, -0.2) is 47.7 Å². The SMILES string of the molecule is CCOCCCNC(=S)Nc1cnn(Cc2ccccc2C(=O)OC)c1. The number of carbonyl (C=O) groups excluding carboxylic acids is 1. The van der Waals surface area contributed by atoms with Gasteiger partial charge in [-0.15, -0.1) is 0 Å². The minimum atomic E-state index is -0.358.